The second-order valence-electron chi connectivity index (χ2n) is 6.71. The van der Waals surface area contributed by atoms with Gasteiger partial charge in [-0.3, -0.25) is 4.90 Å². The summed E-state index contributed by atoms with van der Waals surface area (Å²) in [6, 6.07) is 8.85. The summed E-state index contributed by atoms with van der Waals surface area (Å²) in [5.74, 6) is 0.999. The van der Waals surface area contributed by atoms with Crippen LogP contribution in [-0.2, 0) is 23.0 Å². The number of nitrogens with zero attached hydrogens (tertiary/aromatic N) is 1. The molecule has 0 aliphatic carbocycles. The Kier molecular flexibility index (Phi) is 6.53. The number of sulfonamides is 1. The fourth-order valence-corrected chi connectivity index (χ4v) is 4.41. The van der Waals surface area contributed by atoms with E-state index < -0.39 is 15.8 Å². The number of nitrogens with one attached hydrogen (secondary N) is 1. The van der Waals surface area contributed by atoms with E-state index in [-0.39, 0.29) is 4.90 Å². The Morgan fingerprint density at radius 2 is 1.71 bits per heavy atom. The number of halogens is 1. The van der Waals surface area contributed by atoms with E-state index in [0.29, 0.717) is 13.0 Å². The van der Waals surface area contributed by atoms with E-state index in [2.05, 4.69) is 9.62 Å². The summed E-state index contributed by atoms with van der Waals surface area (Å²) in [6.45, 7) is 2.81. The van der Waals surface area contributed by atoms with Crippen molar-refractivity contribution in [1.29, 1.82) is 0 Å². The molecule has 1 aliphatic heterocycles. The lowest BCUT2D eigenvalue weighted by Crippen LogP contribution is -2.33. The maximum Gasteiger partial charge on any atom is 0.240 e. The number of hydrogen-bond donors (Lipinski definition) is 1. The van der Waals surface area contributed by atoms with Gasteiger partial charge in [-0.15, -0.1) is 0 Å². The molecule has 0 amide bonds. The molecule has 28 heavy (non-hydrogen) atoms. The van der Waals surface area contributed by atoms with Crippen LogP contribution >= 0.6 is 0 Å². The third-order valence-electron chi connectivity index (χ3n) is 4.86. The molecule has 2 aromatic carbocycles. The first kappa shape index (κ1) is 20.6. The van der Waals surface area contributed by atoms with Crippen LogP contribution in [0.4, 0.5) is 4.39 Å². The summed E-state index contributed by atoms with van der Waals surface area (Å²) >= 11 is 0. The Morgan fingerprint density at radius 3 is 2.36 bits per heavy atom. The molecule has 6 nitrogen and oxygen atoms in total. The SMILES string of the molecule is COc1cc2c(cc1OC)CN(CCCNS(=O)(=O)c1ccc(F)cc1)CC2. The highest BCUT2D eigenvalue weighted by Gasteiger charge is 2.19. The fraction of sp³-hybridized carbons (Fsp3) is 0.400. The van der Waals surface area contributed by atoms with Gasteiger partial charge in [-0.1, -0.05) is 0 Å². The van der Waals surface area contributed by atoms with E-state index in [9.17, 15) is 12.8 Å². The third-order valence-corrected chi connectivity index (χ3v) is 6.34. The van der Waals surface area contributed by atoms with Crippen molar-refractivity contribution >= 4 is 10.0 Å². The number of hydrogen-bond acceptors (Lipinski definition) is 5. The molecule has 3 rings (SSSR count). The maximum atomic E-state index is 12.9. The standard InChI is InChI=1S/C20H25FN2O4S/c1-26-19-12-15-8-11-23(14-16(15)13-20(19)27-2)10-3-9-22-28(24,25)18-6-4-17(21)5-7-18/h4-7,12-13,22H,3,8-11,14H2,1-2H3. The molecule has 1 heterocycles. The number of rotatable bonds is 8. The predicted octanol–water partition coefficient (Wildman–Crippen LogP) is 2.57. The first-order valence-corrected chi connectivity index (χ1v) is 10.6. The van der Waals surface area contributed by atoms with Gasteiger partial charge in [0.15, 0.2) is 11.5 Å². The zero-order valence-corrected chi connectivity index (χ0v) is 16.9. The van der Waals surface area contributed by atoms with Crippen LogP contribution in [0.2, 0.25) is 0 Å². The van der Waals surface area contributed by atoms with Crippen LogP contribution in [0.3, 0.4) is 0 Å². The molecule has 0 spiro atoms. The first-order chi connectivity index (χ1) is 13.4. The van der Waals surface area contributed by atoms with Crippen molar-refractivity contribution in [2.45, 2.75) is 24.3 Å². The minimum atomic E-state index is -3.61. The molecule has 0 fully saturated rings. The largest absolute Gasteiger partial charge is 0.493 e. The molecule has 8 heteroatoms. The predicted molar refractivity (Wildman–Crippen MR) is 105 cm³/mol. The van der Waals surface area contributed by atoms with E-state index in [4.69, 9.17) is 9.47 Å². The highest BCUT2D eigenvalue weighted by Crippen LogP contribution is 2.33. The molecule has 2 aromatic rings. The normalized spacial score (nSPS) is 14.5. The van der Waals surface area contributed by atoms with E-state index in [1.165, 1.54) is 23.3 Å². The van der Waals surface area contributed by atoms with Crippen LogP contribution in [0.5, 0.6) is 11.5 Å². The van der Waals surface area contributed by atoms with Crippen LogP contribution in [0, 0.1) is 5.82 Å². The molecule has 0 bridgehead atoms. The van der Waals surface area contributed by atoms with Crippen molar-refractivity contribution in [1.82, 2.24) is 9.62 Å². The molecule has 1 aliphatic rings. The summed E-state index contributed by atoms with van der Waals surface area (Å²) in [4.78, 5) is 2.36. The second-order valence-corrected chi connectivity index (χ2v) is 8.47. The molecular weight excluding hydrogens is 383 g/mol. The van der Waals surface area contributed by atoms with Gasteiger partial charge >= 0.3 is 0 Å². The summed E-state index contributed by atoms with van der Waals surface area (Å²) in [5.41, 5.74) is 2.46. The monoisotopic (exact) mass is 408 g/mol. The van der Waals surface area contributed by atoms with Crippen molar-refractivity contribution in [3.8, 4) is 11.5 Å². The first-order valence-electron chi connectivity index (χ1n) is 9.14. The molecule has 0 atom stereocenters. The topological polar surface area (TPSA) is 67.9 Å². The van der Waals surface area contributed by atoms with Crippen LogP contribution in [0.15, 0.2) is 41.3 Å². The van der Waals surface area contributed by atoms with Crippen LogP contribution in [0.1, 0.15) is 17.5 Å². The van der Waals surface area contributed by atoms with Gasteiger partial charge < -0.3 is 9.47 Å². The zero-order valence-electron chi connectivity index (χ0n) is 16.1. The Bertz CT molecular complexity index is 917. The maximum absolute atomic E-state index is 12.9. The molecule has 0 aromatic heterocycles. The van der Waals surface area contributed by atoms with E-state index in [0.717, 1.165) is 49.7 Å². The third kappa shape index (κ3) is 4.81. The van der Waals surface area contributed by atoms with Crippen molar-refractivity contribution in [2.75, 3.05) is 33.9 Å². The second kappa shape index (κ2) is 8.89. The van der Waals surface area contributed by atoms with E-state index >= 15 is 0 Å². The van der Waals surface area contributed by atoms with Crippen molar-refractivity contribution in [2.24, 2.45) is 0 Å². The summed E-state index contributed by atoms with van der Waals surface area (Å²) in [7, 11) is -0.357. The van der Waals surface area contributed by atoms with Crippen molar-refractivity contribution in [3.05, 3.63) is 53.3 Å². The lowest BCUT2D eigenvalue weighted by atomic mass is 9.98. The van der Waals surface area contributed by atoms with E-state index in [1.807, 2.05) is 12.1 Å². The number of ether oxygens (including phenoxy) is 2. The average molecular weight is 408 g/mol. The minimum Gasteiger partial charge on any atom is -0.493 e. The van der Waals surface area contributed by atoms with Gasteiger partial charge in [-0.2, -0.15) is 0 Å². The number of methoxy groups -OCH3 is 2. The fourth-order valence-electron chi connectivity index (χ4n) is 3.34. The van der Waals surface area contributed by atoms with Crippen LogP contribution in [0.25, 0.3) is 0 Å². The quantitative estimate of drug-likeness (QED) is 0.680. The summed E-state index contributed by atoms with van der Waals surface area (Å²) in [6.07, 6.45) is 1.60. The molecule has 1 N–H and O–H groups in total. The van der Waals surface area contributed by atoms with Crippen LogP contribution < -0.4 is 14.2 Å². The Hall–Kier alpha value is -2.16. The van der Waals surface area contributed by atoms with Gasteiger partial charge in [0.25, 0.3) is 0 Å². The molecule has 0 radical (unpaired) electrons. The van der Waals surface area contributed by atoms with Gasteiger partial charge in [0, 0.05) is 19.6 Å². The Labute approximate surface area is 165 Å². The molecule has 0 saturated heterocycles. The minimum absolute atomic E-state index is 0.0712. The number of benzene rings is 2. The van der Waals surface area contributed by atoms with Gasteiger partial charge in [-0.25, -0.2) is 17.5 Å². The molecular formula is C20H25FN2O4S. The Morgan fingerprint density at radius 1 is 1.07 bits per heavy atom. The number of fused-ring (bicyclic) bond motifs is 1. The summed E-state index contributed by atoms with van der Waals surface area (Å²) in [5, 5.41) is 0. The van der Waals surface area contributed by atoms with E-state index in [1.54, 1.807) is 14.2 Å². The molecule has 0 unspecified atom stereocenters. The Balaban J connectivity index is 1.52. The summed E-state index contributed by atoms with van der Waals surface area (Å²) < 4.78 is 50.7. The van der Waals surface area contributed by atoms with Gasteiger partial charge in [0.05, 0.1) is 19.1 Å². The molecule has 152 valence electrons. The average Bonchev–Trinajstić information content (AvgIpc) is 2.70. The zero-order chi connectivity index (χ0) is 20.1. The van der Waals surface area contributed by atoms with Crippen LogP contribution in [-0.4, -0.2) is 47.2 Å². The highest BCUT2D eigenvalue weighted by atomic mass is 32.2. The van der Waals surface area contributed by atoms with Crippen molar-refractivity contribution < 1.29 is 22.3 Å². The van der Waals surface area contributed by atoms with Gasteiger partial charge in [0.2, 0.25) is 10.0 Å². The smallest absolute Gasteiger partial charge is 0.240 e. The lowest BCUT2D eigenvalue weighted by molar-refractivity contribution is 0.250. The van der Waals surface area contributed by atoms with Gasteiger partial charge in [-0.05, 0) is 66.9 Å². The van der Waals surface area contributed by atoms with Gasteiger partial charge in [0.1, 0.15) is 5.82 Å². The van der Waals surface area contributed by atoms with Crippen molar-refractivity contribution in [3.63, 3.8) is 0 Å². The highest BCUT2D eigenvalue weighted by molar-refractivity contribution is 7.89. The lowest BCUT2D eigenvalue weighted by Gasteiger charge is -2.29. The molecule has 0 saturated carbocycles.